The highest BCUT2D eigenvalue weighted by molar-refractivity contribution is 6.36. The van der Waals surface area contributed by atoms with E-state index in [0.29, 0.717) is 5.41 Å². The van der Waals surface area contributed by atoms with Crippen LogP contribution in [0, 0.1) is 5.41 Å². The SMILES string of the molecule is CC(=O)N1CC2(CN(Cc3ccc(-c4cccc(-c5cccc6c5CCC6)c4Cl)cc3)C2)C1. The first kappa shape index (κ1) is 20.9. The fourth-order valence-electron chi connectivity index (χ4n) is 6.08. The molecular weight excluding hydrogens is 428 g/mol. The molecule has 2 aliphatic heterocycles. The molecular formula is C29H29ClN2O. The predicted molar refractivity (Wildman–Crippen MR) is 134 cm³/mol. The number of amides is 1. The summed E-state index contributed by atoms with van der Waals surface area (Å²) in [6, 6.07) is 21.9. The minimum atomic E-state index is 0.203. The van der Waals surface area contributed by atoms with Gasteiger partial charge in [0.15, 0.2) is 0 Å². The third-order valence-electron chi connectivity index (χ3n) is 7.72. The van der Waals surface area contributed by atoms with Gasteiger partial charge in [0.2, 0.25) is 5.91 Å². The second-order valence-corrected chi connectivity index (χ2v) is 10.6. The van der Waals surface area contributed by atoms with Gasteiger partial charge in [-0.15, -0.1) is 0 Å². The van der Waals surface area contributed by atoms with E-state index >= 15 is 0 Å². The van der Waals surface area contributed by atoms with E-state index in [2.05, 4.69) is 65.6 Å². The Morgan fingerprint density at radius 3 is 2.33 bits per heavy atom. The zero-order valence-electron chi connectivity index (χ0n) is 19.1. The van der Waals surface area contributed by atoms with Crippen molar-refractivity contribution in [2.75, 3.05) is 26.2 Å². The number of hydrogen-bond acceptors (Lipinski definition) is 2. The molecule has 0 radical (unpaired) electrons. The van der Waals surface area contributed by atoms with Crippen LogP contribution in [-0.2, 0) is 24.2 Å². The molecule has 168 valence electrons. The van der Waals surface area contributed by atoms with E-state index in [1.54, 1.807) is 6.92 Å². The van der Waals surface area contributed by atoms with E-state index < -0.39 is 0 Å². The number of carbonyl (C=O) groups is 1. The maximum atomic E-state index is 11.5. The van der Waals surface area contributed by atoms with Crippen molar-refractivity contribution in [1.29, 1.82) is 0 Å². The van der Waals surface area contributed by atoms with Gasteiger partial charge in [-0.2, -0.15) is 0 Å². The Bertz CT molecular complexity index is 1220. The summed E-state index contributed by atoms with van der Waals surface area (Å²) in [7, 11) is 0. The van der Waals surface area contributed by atoms with Crippen LogP contribution in [-0.4, -0.2) is 41.9 Å². The number of halogens is 1. The summed E-state index contributed by atoms with van der Waals surface area (Å²) < 4.78 is 0. The molecule has 3 nitrogen and oxygen atoms in total. The first-order valence-electron chi connectivity index (χ1n) is 12.0. The number of likely N-dealkylation sites (tertiary alicyclic amines) is 2. The summed E-state index contributed by atoms with van der Waals surface area (Å²) in [5.41, 5.74) is 9.32. The Balaban J connectivity index is 1.17. The zero-order valence-corrected chi connectivity index (χ0v) is 19.9. The summed E-state index contributed by atoms with van der Waals surface area (Å²) in [6.07, 6.45) is 3.55. The molecule has 0 atom stereocenters. The lowest BCUT2D eigenvalue weighted by atomic mass is 9.72. The highest BCUT2D eigenvalue weighted by Gasteiger charge is 2.52. The maximum absolute atomic E-state index is 11.5. The Kier molecular flexibility index (Phi) is 5.08. The van der Waals surface area contributed by atoms with Crippen LogP contribution in [0.2, 0.25) is 5.02 Å². The van der Waals surface area contributed by atoms with E-state index in [-0.39, 0.29) is 5.91 Å². The van der Waals surface area contributed by atoms with Crippen LogP contribution in [0.15, 0.2) is 60.7 Å². The van der Waals surface area contributed by atoms with Crippen LogP contribution in [0.1, 0.15) is 30.0 Å². The quantitative estimate of drug-likeness (QED) is 0.493. The second kappa shape index (κ2) is 8.00. The average molecular weight is 457 g/mol. The van der Waals surface area contributed by atoms with E-state index in [4.69, 9.17) is 11.6 Å². The molecule has 0 unspecified atom stereocenters. The molecule has 0 saturated carbocycles. The largest absolute Gasteiger partial charge is 0.341 e. The van der Waals surface area contributed by atoms with Gasteiger partial charge in [-0.3, -0.25) is 9.69 Å². The number of benzene rings is 3. The van der Waals surface area contributed by atoms with Crippen LogP contribution < -0.4 is 0 Å². The highest BCUT2D eigenvalue weighted by Crippen LogP contribution is 2.42. The topological polar surface area (TPSA) is 23.6 Å². The highest BCUT2D eigenvalue weighted by atomic mass is 35.5. The van der Waals surface area contributed by atoms with E-state index in [9.17, 15) is 4.79 Å². The lowest BCUT2D eigenvalue weighted by Crippen LogP contribution is -2.72. The Morgan fingerprint density at radius 1 is 0.879 bits per heavy atom. The minimum Gasteiger partial charge on any atom is -0.341 e. The van der Waals surface area contributed by atoms with Crippen molar-refractivity contribution < 1.29 is 4.79 Å². The summed E-state index contributed by atoms with van der Waals surface area (Å²) in [4.78, 5) is 15.9. The minimum absolute atomic E-state index is 0.203. The van der Waals surface area contributed by atoms with Gasteiger partial charge in [0.05, 0.1) is 5.02 Å². The normalized spacial score (nSPS) is 18.7. The fourth-order valence-corrected chi connectivity index (χ4v) is 6.42. The number of hydrogen-bond donors (Lipinski definition) is 0. The summed E-state index contributed by atoms with van der Waals surface area (Å²) in [6.45, 7) is 6.67. The third-order valence-corrected chi connectivity index (χ3v) is 8.13. The van der Waals surface area contributed by atoms with Crippen LogP contribution >= 0.6 is 11.6 Å². The van der Waals surface area contributed by atoms with Gasteiger partial charge in [-0.1, -0.05) is 72.3 Å². The molecule has 33 heavy (non-hydrogen) atoms. The van der Waals surface area contributed by atoms with Crippen molar-refractivity contribution in [3.05, 3.63) is 82.4 Å². The Hall–Kier alpha value is -2.62. The molecule has 1 aliphatic carbocycles. The predicted octanol–water partition coefficient (Wildman–Crippen LogP) is 5.83. The molecule has 0 N–H and O–H groups in total. The molecule has 0 aromatic heterocycles. The van der Waals surface area contributed by atoms with E-state index in [0.717, 1.165) is 60.9 Å². The molecule has 1 spiro atoms. The monoisotopic (exact) mass is 456 g/mol. The van der Waals surface area contributed by atoms with Crippen molar-refractivity contribution in [2.45, 2.75) is 32.7 Å². The van der Waals surface area contributed by atoms with E-state index in [1.165, 1.54) is 35.1 Å². The Morgan fingerprint density at radius 2 is 1.58 bits per heavy atom. The molecule has 3 aromatic rings. The summed E-state index contributed by atoms with van der Waals surface area (Å²) >= 11 is 6.99. The number of rotatable bonds is 4. The third kappa shape index (κ3) is 3.68. The number of fused-ring (bicyclic) bond motifs is 1. The van der Waals surface area contributed by atoms with Gasteiger partial charge in [0.1, 0.15) is 0 Å². The summed E-state index contributed by atoms with van der Waals surface area (Å²) in [5, 5.41) is 0.843. The van der Waals surface area contributed by atoms with Crippen molar-refractivity contribution in [3.8, 4) is 22.3 Å². The molecule has 2 saturated heterocycles. The van der Waals surface area contributed by atoms with Crippen LogP contribution in [0.3, 0.4) is 0 Å². The Labute approximate surface area is 201 Å². The lowest BCUT2D eigenvalue weighted by Gasteiger charge is -2.60. The van der Waals surface area contributed by atoms with Crippen LogP contribution in [0.25, 0.3) is 22.3 Å². The number of nitrogens with zero attached hydrogens (tertiary/aromatic N) is 2. The maximum Gasteiger partial charge on any atom is 0.219 e. The average Bonchev–Trinajstić information content (AvgIpc) is 3.24. The fraction of sp³-hybridized carbons (Fsp3) is 0.345. The van der Waals surface area contributed by atoms with Gasteiger partial charge in [-0.05, 0) is 47.1 Å². The van der Waals surface area contributed by atoms with Gasteiger partial charge >= 0.3 is 0 Å². The van der Waals surface area contributed by atoms with E-state index in [1.807, 2.05) is 4.90 Å². The van der Waals surface area contributed by atoms with Crippen molar-refractivity contribution in [3.63, 3.8) is 0 Å². The van der Waals surface area contributed by atoms with Crippen LogP contribution in [0.5, 0.6) is 0 Å². The van der Waals surface area contributed by atoms with Gasteiger partial charge in [0.25, 0.3) is 0 Å². The number of aryl methyl sites for hydroxylation is 1. The van der Waals surface area contributed by atoms with Gasteiger partial charge in [0, 0.05) is 56.2 Å². The number of carbonyl (C=O) groups excluding carboxylic acids is 1. The molecule has 1 amide bonds. The first-order valence-corrected chi connectivity index (χ1v) is 12.4. The van der Waals surface area contributed by atoms with Crippen molar-refractivity contribution >= 4 is 17.5 Å². The van der Waals surface area contributed by atoms with Crippen LogP contribution in [0.4, 0.5) is 0 Å². The molecule has 3 aliphatic rings. The molecule has 4 heteroatoms. The first-order chi connectivity index (χ1) is 16.0. The molecule has 0 bridgehead atoms. The smallest absolute Gasteiger partial charge is 0.219 e. The molecule has 2 fully saturated rings. The lowest BCUT2D eigenvalue weighted by molar-refractivity contribution is -0.157. The molecule has 3 aromatic carbocycles. The molecule has 2 heterocycles. The zero-order chi connectivity index (χ0) is 22.6. The van der Waals surface area contributed by atoms with Crippen molar-refractivity contribution in [2.24, 2.45) is 5.41 Å². The van der Waals surface area contributed by atoms with Gasteiger partial charge in [-0.25, -0.2) is 0 Å². The van der Waals surface area contributed by atoms with Crippen molar-refractivity contribution in [1.82, 2.24) is 9.80 Å². The standard InChI is InChI=1S/C29H29ClN2O/c1-20(33)32-18-29(19-32)16-31(17-29)15-21-11-13-23(14-12-21)25-8-4-10-27(28(25)30)26-9-3-6-22-5-2-7-24(22)26/h3-4,6,8-14H,2,5,7,15-19H2,1H3. The van der Waals surface area contributed by atoms with Gasteiger partial charge < -0.3 is 4.90 Å². The second-order valence-electron chi connectivity index (χ2n) is 10.2. The molecule has 6 rings (SSSR count). The summed E-state index contributed by atoms with van der Waals surface area (Å²) in [5.74, 6) is 0.203.